The lowest BCUT2D eigenvalue weighted by Gasteiger charge is -2.34. The predicted molar refractivity (Wildman–Crippen MR) is 70.9 cm³/mol. The van der Waals surface area contributed by atoms with Crippen LogP contribution < -0.4 is 4.90 Å². The van der Waals surface area contributed by atoms with Crippen molar-refractivity contribution in [1.82, 2.24) is 0 Å². The maximum Gasteiger partial charge on any atom is 0.416 e. The molecule has 3 rings (SSSR count). The number of aliphatic hydroxyl groups is 1. The van der Waals surface area contributed by atoms with E-state index in [1.165, 1.54) is 17.0 Å². The van der Waals surface area contributed by atoms with Crippen molar-refractivity contribution in [3.05, 3.63) is 29.3 Å². The number of alkyl halides is 5. The summed E-state index contributed by atoms with van der Waals surface area (Å²) in [5, 5.41) is 18.5. The van der Waals surface area contributed by atoms with E-state index in [1.807, 2.05) is 0 Å². The number of hydrogen-bond donors (Lipinski definition) is 1. The number of fused-ring (bicyclic) bond motifs is 1. The van der Waals surface area contributed by atoms with E-state index in [0.717, 1.165) is 6.07 Å². The first-order chi connectivity index (χ1) is 10.7. The summed E-state index contributed by atoms with van der Waals surface area (Å²) >= 11 is 0. The van der Waals surface area contributed by atoms with Gasteiger partial charge in [0, 0.05) is 17.8 Å². The number of anilines is 1. The van der Waals surface area contributed by atoms with Crippen molar-refractivity contribution < 1.29 is 27.1 Å². The van der Waals surface area contributed by atoms with Crippen molar-refractivity contribution in [2.45, 2.75) is 31.2 Å². The Balaban J connectivity index is 1.95. The Morgan fingerprint density at radius 2 is 2.00 bits per heavy atom. The van der Waals surface area contributed by atoms with Crippen molar-refractivity contribution in [3.8, 4) is 6.07 Å². The number of benzene rings is 1. The Bertz CT molecular complexity index is 654. The van der Waals surface area contributed by atoms with Crippen LogP contribution >= 0.6 is 0 Å². The van der Waals surface area contributed by atoms with Gasteiger partial charge in [0.25, 0.3) is 6.43 Å². The van der Waals surface area contributed by atoms with E-state index < -0.39 is 30.3 Å². The minimum absolute atomic E-state index is 0.0441. The molecule has 1 unspecified atom stereocenters. The van der Waals surface area contributed by atoms with Crippen LogP contribution in [0, 0.1) is 23.2 Å². The number of piperidine rings is 1. The standard InChI is InChI=1S/C15H13F5N2O/c16-14(17)11-4-9(2-1-7(11)5-21)22-6-8-3-10(8)12(22)13(23)15(18,19)20/h1-2,4,8,10,12-14,23H,3,6H2/t8-,10?,12+,13+/m0/s1. The van der Waals surface area contributed by atoms with Crippen molar-refractivity contribution in [2.75, 3.05) is 11.4 Å². The number of halogens is 5. The lowest BCUT2D eigenvalue weighted by molar-refractivity contribution is -0.210. The van der Waals surface area contributed by atoms with E-state index >= 15 is 0 Å². The van der Waals surface area contributed by atoms with Crippen molar-refractivity contribution in [1.29, 1.82) is 5.26 Å². The molecule has 2 aliphatic rings. The lowest BCUT2D eigenvalue weighted by atomic mass is 10.0. The van der Waals surface area contributed by atoms with Crippen LogP contribution in [0.2, 0.25) is 0 Å². The van der Waals surface area contributed by atoms with Crippen LogP contribution in [0.4, 0.5) is 27.6 Å². The van der Waals surface area contributed by atoms with Crippen molar-refractivity contribution in [2.24, 2.45) is 11.8 Å². The van der Waals surface area contributed by atoms with E-state index in [1.54, 1.807) is 6.07 Å². The largest absolute Gasteiger partial charge is 0.416 e. The SMILES string of the molecule is N#Cc1ccc(N2C[C@@H]3CC3[C@@H]2[C@@H](O)C(F)(F)F)cc1C(F)F. The van der Waals surface area contributed by atoms with Gasteiger partial charge in [-0.3, -0.25) is 0 Å². The third-order valence-electron chi connectivity index (χ3n) is 4.59. The summed E-state index contributed by atoms with van der Waals surface area (Å²) in [6, 6.07) is 4.05. The highest BCUT2D eigenvalue weighted by atomic mass is 19.4. The molecule has 1 saturated carbocycles. The van der Waals surface area contributed by atoms with Crippen LogP contribution in [0.25, 0.3) is 0 Å². The summed E-state index contributed by atoms with van der Waals surface area (Å²) < 4.78 is 64.6. The van der Waals surface area contributed by atoms with Gasteiger partial charge < -0.3 is 10.0 Å². The molecule has 1 aliphatic heterocycles. The van der Waals surface area contributed by atoms with Crippen LogP contribution in [0.3, 0.4) is 0 Å². The molecule has 8 heteroatoms. The van der Waals surface area contributed by atoms with Gasteiger partial charge in [0.05, 0.1) is 17.7 Å². The van der Waals surface area contributed by atoms with E-state index in [2.05, 4.69) is 0 Å². The number of aliphatic hydroxyl groups excluding tert-OH is 1. The average molecular weight is 332 g/mol. The predicted octanol–water partition coefficient (Wildman–Crippen LogP) is 3.24. The topological polar surface area (TPSA) is 47.3 Å². The molecule has 0 aromatic heterocycles. The van der Waals surface area contributed by atoms with Gasteiger partial charge in [-0.25, -0.2) is 8.78 Å². The van der Waals surface area contributed by atoms with Gasteiger partial charge in [0.15, 0.2) is 6.10 Å². The minimum Gasteiger partial charge on any atom is -0.382 e. The third-order valence-corrected chi connectivity index (χ3v) is 4.59. The fourth-order valence-electron chi connectivity index (χ4n) is 3.39. The summed E-state index contributed by atoms with van der Waals surface area (Å²) in [6.45, 7) is 0.289. The second-order valence-corrected chi connectivity index (χ2v) is 5.97. The van der Waals surface area contributed by atoms with Crippen molar-refractivity contribution in [3.63, 3.8) is 0 Å². The Labute approximate surface area is 128 Å². The monoisotopic (exact) mass is 332 g/mol. The van der Waals surface area contributed by atoms with E-state index in [0.29, 0.717) is 6.42 Å². The molecule has 2 fully saturated rings. The molecule has 1 N–H and O–H groups in total. The molecule has 0 spiro atoms. The quantitative estimate of drug-likeness (QED) is 0.865. The molecule has 1 aliphatic carbocycles. The van der Waals surface area contributed by atoms with E-state index in [9.17, 15) is 27.1 Å². The zero-order chi connectivity index (χ0) is 16.9. The molecule has 1 aromatic rings. The molecular weight excluding hydrogens is 319 g/mol. The molecule has 124 valence electrons. The van der Waals surface area contributed by atoms with Gasteiger partial charge in [-0.05, 0) is 36.5 Å². The number of rotatable bonds is 3. The van der Waals surface area contributed by atoms with Crippen LogP contribution in [0.5, 0.6) is 0 Å². The molecule has 1 heterocycles. The van der Waals surface area contributed by atoms with Gasteiger partial charge >= 0.3 is 6.18 Å². The number of nitrogens with zero attached hydrogens (tertiary/aromatic N) is 2. The summed E-state index contributed by atoms with van der Waals surface area (Å²) in [5.41, 5.74) is -0.536. The Morgan fingerprint density at radius 1 is 1.30 bits per heavy atom. The molecule has 1 aromatic carbocycles. The van der Waals surface area contributed by atoms with Gasteiger partial charge in [-0.2, -0.15) is 18.4 Å². The lowest BCUT2D eigenvalue weighted by Crippen LogP contribution is -2.49. The fraction of sp³-hybridized carbons (Fsp3) is 0.533. The first-order valence-electron chi connectivity index (χ1n) is 7.07. The molecule has 23 heavy (non-hydrogen) atoms. The Hall–Kier alpha value is -1.88. The maximum absolute atomic E-state index is 13.0. The highest BCUT2D eigenvalue weighted by Gasteiger charge is 2.60. The molecule has 4 atom stereocenters. The van der Waals surface area contributed by atoms with Crippen LogP contribution in [0.15, 0.2) is 18.2 Å². The second-order valence-electron chi connectivity index (χ2n) is 5.97. The van der Waals surface area contributed by atoms with Gasteiger partial charge in [0.2, 0.25) is 0 Å². The zero-order valence-electron chi connectivity index (χ0n) is 11.8. The smallest absolute Gasteiger partial charge is 0.382 e. The average Bonchev–Trinajstić information content (AvgIpc) is 3.15. The molecule has 0 radical (unpaired) electrons. The first kappa shape index (κ1) is 16.0. The summed E-state index contributed by atoms with van der Waals surface area (Å²) in [7, 11) is 0. The van der Waals surface area contributed by atoms with Crippen molar-refractivity contribution >= 4 is 5.69 Å². The third kappa shape index (κ3) is 2.74. The van der Waals surface area contributed by atoms with Crippen LogP contribution in [-0.4, -0.2) is 30.0 Å². The van der Waals surface area contributed by atoms with E-state index in [4.69, 9.17) is 5.26 Å². The number of hydrogen-bond acceptors (Lipinski definition) is 3. The summed E-state index contributed by atoms with van der Waals surface area (Å²) in [6.07, 6.45) is -9.58. The maximum atomic E-state index is 13.0. The molecular formula is C15H13F5N2O. The van der Waals surface area contributed by atoms with Gasteiger partial charge in [0.1, 0.15) is 0 Å². The zero-order valence-corrected chi connectivity index (χ0v) is 11.8. The summed E-state index contributed by atoms with van der Waals surface area (Å²) in [5.74, 6) is -0.236. The Kier molecular flexibility index (Phi) is 3.71. The first-order valence-corrected chi connectivity index (χ1v) is 7.07. The number of nitriles is 1. The molecule has 0 amide bonds. The second kappa shape index (κ2) is 5.34. The highest BCUT2D eigenvalue weighted by molar-refractivity contribution is 5.57. The fourth-order valence-corrected chi connectivity index (χ4v) is 3.39. The van der Waals surface area contributed by atoms with Gasteiger partial charge in [-0.1, -0.05) is 0 Å². The van der Waals surface area contributed by atoms with Crippen LogP contribution in [0.1, 0.15) is 24.0 Å². The molecule has 3 nitrogen and oxygen atoms in total. The van der Waals surface area contributed by atoms with Crippen LogP contribution in [-0.2, 0) is 0 Å². The molecule has 0 bridgehead atoms. The summed E-state index contributed by atoms with van der Waals surface area (Å²) in [4.78, 5) is 1.34. The normalized spacial score (nSPS) is 27.7. The molecule has 1 saturated heterocycles. The van der Waals surface area contributed by atoms with E-state index in [-0.39, 0.29) is 29.6 Å². The Morgan fingerprint density at radius 3 is 2.57 bits per heavy atom. The minimum atomic E-state index is -4.77. The van der Waals surface area contributed by atoms with Gasteiger partial charge in [-0.15, -0.1) is 0 Å². The highest BCUT2D eigenvalue weighted by Crippen LogP contribution is 2.53.